The SMILES string of the molecule is Nc1cnc(Nc2cccc3cccnc23)c(Cl)c1. The maximum Gasteiger partial charge on any atom is 0.149 e. The Morgan fingerprint density at radius 2 is 1.95 bits per heavy atom. The molecule has 3 N–H and O–H groups in total. The van der Waals surface area contributed by atoms with Crippen molar-refractivity contribution >= 4 is 39.7 Å². The first kappa shape index (κ1) is 11.7. The van der Waals surface area contributed by atoms with Crippen LogP contribution in [-0.2, 0) is 0 Å². The normalized spacial score (nSPS) is 10.6. The first-order valence-electron chi connectivity index (χ1n) is 5.76. The van der Waals surface area contributed by atoms with Crippen molar-refractivity contribution in [3.63, 3.8) is 0 Å². The summed E-state index contributed by atoms with van der Waals surface area (Å²) >= 11 is 6.11. The standard InChI is InChI=1S/C14H11ClN4/c15-11-7-10(16)8-18-14(11)19-12-5-1-3-9-4-2-6-17-13(9)12/h1-8H,16H2,(H,18,19). The minimum absolute atomic E-state index is 0.480. The van der Waals surface area contributed by atoms with Crippen molar-refractivity contribution in [2.45, 2.75) is 0 Å². The number of benzene rings is 1. The van der Waals surface area contributed by atoms with E-state index < -0.39 is 0 Å². The fourth-order valence-corrected chi connectivity index (χ4v) is 2.10. The molecule has 0 aliphatic heterocycles. The van der Waals surface area contributed by atoms with E-state index in [1.54, 1.807) is 18.5 Å². The number of anilines is 3. The second kappa shape index (κ2) is 4.74. The van der Waals surface area contributed by atoms with Crippen LogP contribution in [0.1, 0.15) is 0 Å². The number of halogens is 1. The van der Waals surface area contributed by atoms with Crippen LogP contribution in [0.5, 0.6) is 0 Å². The summed E-state index contributed by atoms with van der Waals surface area (Å²) in [6.07, 6.45) is 3.32. The molecule has 4 nitrogen and oxygen atoms in total. The Labute approximate surface area is 115 Å². The van der Waals surface area contributed by atoms with Gasteiger partial charge in [0.05, 0.1) is 28.1 Å². The van der Waals surface area contributed by atoms with Gasteiger partial charge in [-0.15, -0.1) is 0 Å². The summed E-state index contributed by atoms with van der Waals surface area (Å²) in [5, 5.41) is 4.72. The summed E-state index contributed by atoms with van der Waals surface area (Å²) in [4.78, 5) is 8.55. The van der Waals surface area contributed by atoms with Gasteiger partial charge in [-0.1, -0.05) is 29.8 Å². The third-order valence-electron chi connectivity index (χ3n) is 2.75. The van der Waals surface area contributed by atoms with Crippen molar-refractivity contribution in [1.29, 1.82) is 0 Å². The fourth-order valence-electron chi connectivity index (χ4n) is 1.88. The molecule has 2 heterocycles. The van der Waals surface area contributed by atoms with Gasteiger partial charge in [0.1, 0.15) is 5.82 Å². The maximum atomic E-state index is 6.11. The lowest BCUT2D eigenvalue weighted by Gasteiger charge is -2.09. The summed E-state index contributed by atoms with van der Waals surface area (Å²) in [7, 11) is 0. The topological polar surface area (TPSA) is 63.8 Å². The van der Waals surface area contributed by atoms with Gasteiger partial charge in [-0.05, 0) is 18.2 Å². The number of nitrogens with two attached hydrogens (primary N) is 1. The number of pyridine rings is 2. The maximum absolute atomic E-state index is 6.11. The largest absolute Gasteiger partial charge is 0.397 e. The molecular weight excluding hydrogens is 260 g/mol. The summed E-state index contributed by atoms with van der Waals surface area (Å²) in [6.45, 7) is 0. The van der Waals surface area contributed by atoms with Crippen LogP contribution < -0.4 is 11.1 Å². The van der Waals surface area contributed by atoms with E-state index in [-0.39, 0.29) is 0 Å². The Bertz CT molecular complexity index is 737. The number of para-hydroxylation sites is 1. The van der Waals surface area contributed by atoms with Gasteiger partial charge >= 0.3 is 0 Å². The molecular formula is C14H11ClN4. The molecule has 0 saturated carbocycles. The first-order chi connectivity index (χ1) is 9.24. The molecule has 0 aliphatic rings. The van der Waals surface area contributed by atoms with Crippen LogP contribution in [0.3, 0.4) is 0 Å². The quantitative estimate of drug-likeness (QED) is 0.747. The number of nitrogen functional groups attached to an aromatic ring is 1. The lowest BCUT2D eigenvalue weighted by molar-refractivity contribution is 1.31. The van der Waals surface area contributed by atoms with Gasteiger partial charge in [0.15, 0.2) is 0 Å². The lowest BCUT2D eigenvalue weighted by atomic mass is 10.2. The molecule has 0 atom stereocenters. The summed E-state index contributed by atoms with van der Waals surface area (Å²) < 4.78 is 0. The fraction of sp³-hybridized carbons (Fsp3) is 0. The zero-order valence-corrected chi connectivity index (χ0v) is 10.7. The van der Waals surface area contributed by atoms with Gasteiger partial charge in [-0.3, -0.25) is 4.98 Å². The third-order valence-corrected chi connectivity index (χ3v) is 3.04. The van der Waals surface area contributed by atoms with E-state index in [1.807, 2.05) is 30.3 Å². The Morgan fingerprint density at radius 1 is 1.11 bits per heavy atom. The Balaban J connectivity index is 2.06. The molecule has 94 valence electrons. The van der Waals surface area contributed by atoms with Crippen LogP contribution in [0.25, 0.3) is 10.9 Å². The summed E-state index contributed by atoms with van der Waals surface area (Å²) in [5.74, 6) is 0.564. The van der Waals surface area contributed by atoms with Crippen LogP contribution in [0.2, 0.25) is 5.02 Å². The number of nitrogens with zero attached hydrogens (tertiary/aromatic N) is 2. The molecule has 0 fully saturated rings. The molecule has 2 aromatic heterocycles. The van der Waals surface area contributed by atoms with Crippen LogP contribution in [-0.4, -0.2) is 9.97 Å². The van der Waals surface area contributed by atoms with Crippen molar-refractivity contribution in [3.8, 4) is 0 Å². The zero-order chi connectivity index (χ0) is 13.2. The molecule has 0 unspecified atom stereocenters. The minimum Gasteiger partial charge on any atom is -0.397 e. The average Bonchev–Trinajstić information content (AvgIpc) is 2.42. The smallest absolute Gasteiger partial charge is 0.149 e. The summed E-state index contributed by atoms with van der Waals surface area (Å²) in [6, 6.07) is 11.5. The third kappa shape index (κ3) is 2.30. The molecule has 0 radical (unpaired) electrons. The number of hydrogen-bond donors (Lipinski definition) is 2. The number of fused-ring (bicyclic) bond motifs is 1. The van der Waals surface area contributed by atoms with Crippen LogP contribution in [0.4, 0.5) is 17.2 Å². The van der Waals surface area contributed by atoms with E-state index in [0.29, 0.717) is 16.5 Å². The highest BCUT2D eigenvalue weighted by atomic mass is 35.5. The van der Waals surface area contributed by atoms with E-state index in [1.165, 1.54) is 0 Å². The van der Waals surface area contributed by atoms with Crippen molar-refractivity contribution in [1.82, 2.24) is 9.97 Å². The van der Waals surface area contributed by atoms with Crippen molar-refractivity contribution < 1.29 is 0 Å². The van der Waals surface area contributed by atoms with E-state index in [9.17, 15) is 0 Å². The van der Waals surface area contributed by atoms with E-state index in [4.69, 9.17) is 17.3 Å². The second-order valence-corrected chi connectivity index (χ2v) is 4.51. The van der Waals surface area contributed by atoms with Crippen LogP contribution >= 0.6 is 11.6 Å². The number of rotatable bonds is 2. The van der Waals surface area contributed by atoms with Crippen LogP contribution in [0, 0.1) is 0 Å². The van der Waals surface area contributed by atoms with Gasteiger partial charge < -0.3 is 11.1 Å². The minimum atomic E-state index is 0.480. The Morgan fingerprint density at radius 3 is 2.79 bits per heavy atom. The molecule has 0 spiro atoms. The van der Waals surface area contributed by atoms with E-state index in [2.05, 4.69) is 15.3 Å². The molecule has 19 heavy (non-hydrogen) atoms. The highest BCUT2D eigenvalue weighted by molar-refractivity contribution is 6.33. The molecule has 0 aliphatic carbocycles. The lowest BCUT2D eigenvalue weighted by Crippen LogP contribution is -1.97. The van der Waals surface area contributed by atoms with Crippen molar-refractivity contribution in [2.24, 2.45) is 0 Å². The van der Waals surface area contributed by atoms with Crippen molar-refractivity contribution in [2.75, 3.05) is 11.1 Å². The predicted molar refractivity (Wildman–Crippen MR) is 78.7 cm³/mol. The van der Waals surface area contributed by atoms with Gasteiger partial charge in [0.25, 0.3) is 0 Å². The molecule has 1 aromatic carbocycles. The second-order valence-electron chi connectivity index (χ2n) is 4.10. The van der Waals surface area contributed by atoms with Crippen molar-refractivity contribution in [3.05, 3.63) is 53.8 Å². The average molecular weight is 271 g/mol. The van der Waals surface area contributed by atoms with E-state index in [0.717, 1.165) is 16.6 Å². The monoisotopic (exact) mass is 270 g/mol. The highest BCUT2D eigenvalue weighted by Crippen LogP contribution is 2.28. The molecule has 3 rings (SSSR count). The van der Waals surface area contributed by atoms with Gasteiger partial charge in [-0.25, -0.2) is 4.98 Å². The first-order valence-corrected chi connectivity index (χ1v) is 6.13. The zero-order valence-electron chi connectivity index (χ0n) is 9.97. The van der Waals surface area contributed by atoms with E-state index >= 15 is 0 Å². The van der Waals surface area contributed by atoms with Crippen LogP contribution in [0.15, 0.2) is 48.8 Å². The van der Waals surface area contributed by atoms with Gasteiger partial charge in [0.2, 0.25) is 0 Å². The Hall–Kier alpha value is -2.33. The van der Waals surface area contributed by atoms with Gasteiger partial charge in [0, 0.05) is 11.6 Å². The molecule has 5 heteroatoms. The van der Waals surface area contributed by atoms with Gasteiger partial charge in [-0.2, -0.15) is 0 Å². The molecule has 0 saturated heterocycles. The number of hydrogen-bond acceptors (Lipinski definition) is 4. The Kier molecular flexibility index (Phi) is 2.93. The number of aromatic nitrogens is 2. The predicted octanol–water partition coefficient (Wildman–Crippen LogP) is 3.61. The highest BCUT2D eigenvalue weighted by Gasteiger charge is 2.06. The molecule has 0 amide bonds. The number of nitrogens with one attached hydrogen (secondary N) is 1. The summed E-state index contributed by atoms with van der Waals surface area (Å²) in [5.41, 5.74) is 7.89. The molecule has 3 aromatic rings. The molecule has 0 bridgehead atoms.